The Hall–Kier alpha value is -1.87. The molecule has 1 fully saturated rings. The van der Waals surface area contributed by atoms with E-state index in [1.54, 1.807) is 11.3 Å². The molecule has 0 bridgehead atoms. The van der Waals surface area contributed by atoms with Crippen LogP contribution in [-0.4, -0.2) is 33.7 Å². The number of hydrogen-bond acceptors (Lipinski definition) is 6. The lowest BCUT2D eigenvalue weighted by Gasteiger charge is -2.17. The molecule has 1 saturated carbocycles. The van der Waals surface area contributed by atoms with Crippen molar-refractivity contribution >= 4 is 45.3 Å². The highest BCUT2D eigenvalue weighted by Gasteiger charge is 2.25. The Morgan fingerprint density at radius 2 is 2.15 bits per heavy atom. The second-order valence-electron chi connectivity index (χ2n) is 6.99. The van der Waals surface area contributed by atoms with Crippen LogP contribution >= 0.6 is 23.1 Å². The fourth-order valence-corrected chi connectivity index (χ4v) is 5.25. The van der Waals surface area contributed by atoms with Gasteiger partial charge in [0.15, 0.2) is 5.16 Å². The zero-order chi connectivity index (χ0) is 18.3. The van der Waals surface area contributed by atoms with Gasteiger partial charge in [0.25, 0.3) is 5.56 Å². The summed E-state index contributed by atoms with van der Waals surface area (Å²) < 4.78 is 0. The van der Waals surface area contributed by atoms with Crippen LogP contribution < -0.4 is 16.2 Å². The number of thioether (sulfide) groups is 1. The van der Waals surface area contributed by atoms with Gasteiger partial charge in [-0.15, -0.1) is 11.3 Å². The molecule has 0 aromatic carbocycles. The van der Waals surface area contributed by atoms with Crippen molar-refractivity contribution in [2.45, 2.75) is 50.2 Å². The topological polar surface area (TPSA) is 104 Å². The number of amides is 3. The molecular weight excluding hydrogens is 372 g/mol. The van der Waals surface area contributed by atoms with E-state index in [2.05, 4.69) is 27.5 Å². The Labute approximate surface area is 158 Å². The monoisotopic (exact) mass is 392 g/mol. The quantitative estimate of drug-likeness (QED) is 0.547. The second kappa shape index (κ2) is 7.03. The van der Waals surface area contributed by atoms with E-state index in [-0.39, 0.29) is 17.4 Å². The van der Waals surface area contributed by atoms with Gasteiger partial charge in [0.1, 0.15) is 4.83 Å². The van der Waals surface area contributed by atoms with Crippen molar-refractivity contribution in [2.75, 3.05) is 5.75 Å². The molecule has 2 aliphatic carbocycles. The van der Waals surface area contributed by atoms with Crippen molar-refractivity contribution in [1.29, 1.82) is 0 Å². The number of nitrogens with one attached hydrogen (secondary N) is 3. The summed E-state index contributed by atoms with van der Waals surface area (Å²) in [4.78, 5) is 45.2. The number of imide groups is 1. The number of rotatable bonds is 4. The number of thiophene rings is 1. The number of aromatic amines is 1. The molecule has 2 aromatic heterocycles. The molecule has 2 heterocycles. The average molecular weight is 393 g/mol. The van der Waals surface area contributed by atoms with Crippen LogP contribution in [-0.2, 0) is 17.6 Å². The summed E-state index contributed by atoms with van der Waals surface area (Å²) in [6, 6.07) is -0.265. The minimum atomic E-state index is -0.463. The summed E-state index contributed by atoms with van der Waals surface area (Å²) >= 11 is 2.71. The predicted octanol–water partition coefficient (Wildman–Crippen LogP) is 2.19. The summed E-state index contributed by atoms with van der Waals surface area (Å²) in [5.74, 6) is 0.249. The van der Waals surface area contributed by atoms with E-state index in [1.807, 2.05) is 0 Å². The minimum Gasteiger partial charge on any atom is -0.335 e. The van der Waals surface area contributed by atoms with Gasteiger partial charge >= 0.3 is 6.03 Å². The lowest BCUT2D eigenvalue weighted by molar-refractivity contribution is -0.117. The number of nitrogens with zero attached hydrogens (tertiary/aromatic N) is 1. The van der Waals surface area contributed by atoms with Crippen LogP contribution in [0.3, 0.4) is 0 Å². The van der Waals surface area contributed by atoms with Crippen LogP contribution in [0.5, 0.6) is 0 Å². The normalized spacial score (nSPS) is 19.2. The maximum Gasteiger partial charge on any atom is 0.321 e. The molecule has 7 nitrogen and oxygen atoms in total. The highest BCUT2D eigenvalue weighted by atomic mass is 32.2. The van der Waals surface area contributed by atoms with Crippen molar-refractivity contribution in [3.05, 3.63) is 20.8 Å². The van der Waals surface area contributed by atoms with Crippen molar-refractivity contribution < 1.29 is 9.59 Å². The van der Waals surface area contributed by atoms with E-state index in [4.69, 9.17) is 0 Å². The van der Waals surface area contributed by atoms with E-state index in [0.717, 1.165) is 54.3 Å². The maximum absolute atomic E-state index is 12.5. The SMILES string of the molecule is C[C@@H]1CCc2c(sc3nc(SCC(=O)NC(=O)NC4CC4)[nH]c(=O)c23)C1. The number of fused-ring (bicyclic) bond motifs is 3. The first-order valence-electron chi connectivity index (χ1n) is 8.77. The summed E-state index contributed by atoms with van der Waals surface area (Å²) in [7, 11) is 0. The van der Waals surface area contributed by atoms with Crippen LogP contribution in [0.2, 0.25) is 0 Å². The fourth-order valence-electron chi connectivity index (χ4n) is 3.14. The van der Waals surface area contributed by atoms with Crippen LogP contribution in [0.15, 0.2) is 9.95 Å². The van der Waals surface area contributed by atoms with Crippen LogP contribution in [0.25, 0.3) is 10.2 Å². The van der Waals surface area contributed by atoms with Gasteiger partial charge in [-0.2, -0.15) is 0 Å². The first-order valence-corrected chi connectivity index (χ1v) is 10.6. The van der Waals surface area contributed by atoms with Gasteiger partial charge in [0, 0.05) is 10.9 Å². The Balaban J connectivity index is 1.44. The van der Waals surface area contributed by atoms with E-state index >= 15 is 0 Å². The first-order chi connectivity index (χ1) is 12.5. The Kier molecular flexibility index (Phi) is 4.74. The van der Waals surface area contributed by atoms with Crippen LogP contribution in [0.1, 0.15) is 36.6 Å². The predicted molar refractivity (Wildman–Crippen MR) is 102 cm³/mol. The summed E-state index contributed by atoms with van der Waals surface area (Å²) in [6.07, 6.45) is 4.94. The lowest BCUT2D eigenvalue weighted by Crippen LogP contribution is -2.41. The zero-order valence-electron chi connectivity index (χ0n) is 14.4. The Bertz CT molecular complexity index is 932. The molecule has 0 aliphatic heterocycles. The highest BCUT2D eigenvalue weighted by Crippen LogP contribution is 2.36. The van der Waals surface area contributed by atoms with Gasteiger partial charge in [-0.25, -0.2) is 9.78 Å². The standard InChI is InChI=1S/C17H20N4O3S2/c1-8-2-5-10-11(6-8)26-15-13(10)14(23)20-17(21-15)25-7-12(22)19-16(24)18-9-3-4-9/h8-9H,2-7H2,1H3,(H,20,21,23)(H2,18,19,22,24)/t8-/m1/s1. The lowest BCUT2D eigenvalue weighted by atomic mass is 9.89. The van der Waals surface area contributed by atoms with Gasteiger partial charge in [0.05, 0.1) is 11.1 Å². The number of carbonyl (C=O) groups excluding carboxylic acids is 2. The number of urea groups is 1. The highest BCUT2D eigenvalue weighted by molar-refractivity contribution is 7.99. The van der Waals surface area contributed by atoms with Crippen molar-refractivity contribution in [3.63, 3.8) is 0 Å². The molecular formula is C17H20N4O3S2. The third-order valence-corrected chi connectivity index (χ3v) is 6.67. The smallest absolute Gasteiger partial charge is 0.321 e. The fraction of sp³-hybridized carbons (Fsp3) is 0.529. The zero-order valence-corrected chi connectivity index (χ0v) is 16.0. The number of carbonyl (C=O) groups is 2. The third kappa shape index (κ3) is 3.78. The van der Waals surface area contributed by atoms with E-state index in [1.165, 1.54) is 4.88 Å². The number of aromatic nitrogens is 2. The maximum atomic E-state index is 12.5. The molecule has 3 amide bonds. The first kappa shape index (κ1) is 17.5. The van der Waals surface area contributed by atoms with Crippen molar-refractivity contribution in [2.24, 2.45) is 5.92 Å². The van der Waals surface area contributed by atoms with Crippen LogP contribution in [0, 0.1) is 5.92 Å². The second-order valence-corrected chi connectivity index (χ2v) is 9.04. The molecule has 26 heavy (non-hydrogen) atoms. The van der Waals surface area contributed by atoms with Crippen molar-refractivity contribution in [1.82, 2.24) is 20.6 Å². The molecule has 3 N–H and O–H groups in total. The summed E-state index contributed by atoms with van der Waals surface area (Å²) in [6.45, 7) is 2.23. The molecule has 1 atom stereocenters. The third-order valence-electron chi connectivity index (χ3n) is 4.65. The molecule has 2 aliphatic rings. The molecule has 138 valence electrons. The Morgan fingerprint density at radius 3 is 2.92 bits per heavy atom. The van der Waals surface area contributed by atoms with Gasteiger partial charge in [-0.05, 0) is 43.6 Å². The Morgan fingerprint density at radius 1 is 1.35 bits per heavy atom. The summed E-state index contributed by atoms with van der Waals surface area (Å²) in [5.41, 5.74) is 0.999. The molecule has 4 rings (SSSR count). The van der Waals surface area contributed by atoms with E-state index < -0.39 is 11.9 Å². The summed E-state index contributed by atoms with van der Waals surface area (Å²) in [5, 5.41) is 6.10. The molecule has 0 saturated heterocycles. The largest absolute Gasteiger partial charge is 0.335 e. The number of aryl methyl sites for hydroxylation is 1. The molecule has 0 radical (unpaired) electrons. The van der Waals surface area contributed by atoms with Crippen LogP contribution in [0.4, 0.5) is 4.79 Å². The van der Waals surface area contributed by atoms with Gasteiger partial charge < -0.3 is 10.3 Å². The van der Waals surface area contributed by atoms with Gasteiger partial charge in [-0.3, -0.25) is 14.9 Å². The molecule has 2 aromatic rings. The van der Waals surface area contributed by atoms with E-state index in [0.29, 0.717) is 16.5 Å². The van der Waals surface area contributed by atoms with E-state index in [9.17, 15) is 14.4 Å². The van der Waals surface area contributed by atoms with Gasteiger partial charge in [0.2, 0.25) is 5.91 Å². The number of hydrogen-bond donors (Lipinski definition) is 3. The molecule has 0 spiro atoms. The molecule has 9 heteroatoms. The average Bonchev–Trinajstić information content (AvgIpc) is 3.30. The van der Waals surface area contributed by atoms with Gasteiger partial charge in [-0.1, -0.05) is 18.7 Å². The minimum absolute atomic E-state index is 0.0225. The van der Waals surface area contributed by atoms with Crippen molar-refractivity contribution in [3.8, 4) is 0 Å². The molecule has 0 unspecified atom stereocenters. The number of H-pyrrole nitrogens is 1.